The number of amides is 1. The molecule has 0 aromatic heterocycles. The lowest BCUT2D eigenvalue weighted by Gasteiger charge is -2.13. The van der Waals surface area contributed by atoms with Gasteiger partial charge in [0.25, 0.3) is 0 Å². The third-order valence-electron chi connectivity index (χ3n) is 2.52. The normalized spacial score (nSPS) is 13.1. The highest BCUT2D eigenvalue weighted by atomic mass is 35.5. The van der Waals surface area contributed by atoms with Crippen molar-refractivity contribution in [2.24, 2.45) is 5.73 Å². The van der Waals surface area contributed by atoms with Crippen molar-refractivity contribution in [1.82, 2.24) is 0 Å². The first-order chi connectivity index (χ1) is 8.69. The van der Waals surface area contributed by atoms with E-state index in [0.29, 0.717) is 10.7 Å². The number of rotatable bonds is 5. The SMILES string of the molecule is Cc1ccc(Cl)c(NC(=O)C(N)CCS(C)(=O)=O)c1. The second-order valence-corrected chi connectivity index (χ2v) is 7.16. The van der Waals surface area contributed by atoms with Crippen LogP contribution in [-0.2, 0) is 14.6 Å². The highest BCUT2D eigenvalue weighted by Crippen LogP contribution is 2.22. The van der Waals surface area contributed by atoms with Crippen LogP contribution in [0.25, 0.3) is 0 Å². The van der Waals surface area contributed by atoms with Crippen molar-refractivity contribution in [3.05, 3.63) is 28.8 Å². The Kier molecular flexibility index (Phi) is 5.34. The number of hydrogen-bond acceptors (Lipinski definition) is 4. The molecule has 0 radical (unpaired) electrons. The molecule has 0 aliphatic carbocycles. The molecule has 1 rings (SSSR count). The molecule has 1 atom stereocenters. The maximum atomic E-state index is 11.8. The predicted octanol–water partition coefficient (Wildman–Crippen LogP) is 1.35. The zero-order valence-electron chi connectivity index (χ0n) is 10.8. The fourth-order valence-electron chi connectivity index (χ4n) is 1.43. The van der Waals surface area contributed by atoms with Gasteiger partial charge in [-0.1, -0.05) is 17.7 Å². The summed E-state index contributed by atoms with van der Waals surface area (Å²) in [7, 11) is -3.13. The van der Waals surface area contributed by atoms with Gasteiger partial charge in [0.15, 0.2) is 0 Å². The number of anilines is 1. The number of halogens is 1. The maximum Gasteiger partial charge on any atom is 0.241 e. The summed E-state index contributed by atoms with van der Waals surface area (Å²) in [6.45, 7) is 1.87. The first-order valence-corrected chi connectivity index (χ1v) is 8.13. The maximum absolute atomic E-state index is 11.8. The van der Waals surface area contributed by atoms with Crippen molar-refractivity contribution in [3.8, 4) is 0 Å². The van der Waals surface area contributed by atoms with Crippen LogP contribution in [0.2, 0.25) is 5.02 Å². The van der Waals surface area contributed by atoms with E-state index in [1.807, 2.05) is 13.0 Å². The number of hydrogen-bond donors (Lipinski definition) is 2. The van der Waals surface area contributed by atoms with E-state index >= 15 is 0 Å². The van der Waals surface area contributed by atoms with Crippen LogP contribution in [0.5, 0.6) is 0 Å². The lowest BCUT2D eigenvalue weighted by atomic mass is 10.2. The van der Waals surface area contributed by atoms with Crippen LogP contribution >= 0.6 is 11.6 Å². The van der Waals surface area contributed by atoms with Crippen molar-refractivity contribution in [2.45, 2.75) is 19.4 Å². The Morgan fingerprint density at radius 1 is 1.47 bits per heavy atom. The van der Waals surface area contributed by atoms with E-state index in [-0.39, 0.29) is 12.2 Å². The largest absolute Gasteiger partial charge is 0.323 e. The summed E-state index contributed by atoms with van der Waals surface area (Å²) in [6, 6.07) is 4.34. The Hall–Kier alpha value is -1.11. The molecule has 19 heavy (non-hydrogen) atoms. The van der Waals surface area contributed by atoms with Crippen molar-refractivity contribution in [3.63, 3.8) is 0 Å². The Morgan fingerprint density at radius 3 is 2.68 bits per heavy atom. The first kappa shape index (κ1) is 15.9. The quantitative estimate of drug-likeness (QED) is 0.859. The lowest BCUT2D eigenvalue weighted by Crippen LogP contribution is -2.37. The van der Waals surface area contributed by atoms with Crippen LogP contribution in [0.4, 0.5) is 5.69 Å². The second-order valence-electron chi connectivity index (χ2n) is 4.50. The summed E-state index contributed by atoms with van der Waals surface area (Å²) in [5.41, 5.74) is 7.06. The van der Waals surface area contributed by atoms with Crippen molar-refractivity contribution in [2.75, 3.05) is 17.3 Å². The molecule has 5 nitrogen and oxygen atoms in total. The van der Waals surface area contributed by atoms with Crippen LogP contribution in [0.1, 0.15) is 12.0 Å². The molecule has 0 aliphatic rings. The van der Waals surface area contributed by atoms with Gasteiger partial charge in [-0.3, -0.25) is 4.79 Å². The van der Waals surface area contributed by atoms with Gasteiger partial charge < -0.3 is 11.1 Å². The lowest BCUT2D eigenvalue weighted by molar-refractivity contribution is -0.117. The molecule has 7 heteroatoms. The molecule has 1 unspecified atom stereocenters. The Morgan fingerprint density at radius 2 is 2.11 bits per heavy atom. The van der Waals surface area contributed by atoms with Gasteiger partial charge in [0.1, 0.15) is 9.84 Å². The summed E-state index contributed by atoms with van der Waals surface area (Å²) in [6.07, 6.45) is 1.18. The fourth-order valence-corrected chi connectivity index (χ4v) is 2.28. The number of carbonyl (C=O) groups is 1. The van der Waals surface area contributed by atoms with Gasteiger partial charge in [-0.05, 0) is 31.0 Å². The molecule has 0 bridgehead atoms. The molecule has 0 aliphatic heterocycles. The molecule has 0 heterocycles. The predicted molar refractivity (Wildman–Crippen MR) is 77.1 cm³/mol. The van der Waals surface area contributed by atoms with Gasteiger partial charge >= 0.3 is 0 Å². The zero-order valence-corrected chi connectivity index (χ0v) is 12.4. The third kappa shape index (κ3) is 5.59. The van der Waals surface area contributed by atoms with Crippen molar-refractivity contribution in [1.29, 1.82) is 0 Å². The average molecular weight is 305 g/mol. The van der Waals surface area contributed by atoms with Gasteiger partial charge in [-0.15, -0.1) is 0 Å². The topological polar surface area (TPSA) is 89.3 Å². The van der Waals surface area contributed by atoms with E-state index in [1.54, 1.807) is 12.1 Å². The molecular formula is C12H17ClN2O3S. The highest BCUT2D eigenvalue weighted by Gasteiger charge is 2.17. The standard InChI is InChI=1S/C12H17ClN2O3S/c1-8-3-4-9(13)11(7-8)15-12(16)10(14)5-6-19(2,17)18/h3-4,7,10H,5-6,14H2,1-2H3,(H,15,16). The minimum Gasteiger partial charge on any atom is -0.323 e. The van der Waals surface area contributed by atoms with Gasteiger partial charge in [-0.25, -0.2) is 8.42 Å². The third-order valence-corrected chi connectivity index (χ3v) is 3.82. The Labute approximate surface area is 118 Å². The molecule has 0 spiro atoms. The van der Waals surface area contributed by atoms with E-state index in [0.717, 1.165) is 11.8 Å². The summed E-state index contributed by atoms with van der Waals surface area (Å²) in [5, 5.41) is 3.01. The molecule has 0 saturated heterocycles. The highest BCUT2D eigenvalue weighted by molar-refractivity contribution is 7.90. The van der Waals surface area contributed by atoms with E-state index in [2.05, 4.69) is 5.32 Å². The molecule has 1 aromatic rings. The van der Waals surface area contributed by atoms with Crippen LogP contribution < -0.4 is 11.1 Å². The number of nitrogens with one attached hydrogen (secondary N) is 1. The fraction of sp³-hybridized carbons (Fsp3) is 0.417. The monoisotopic (exact) mass is 304 g/mol. The minimum absolute atomic E-state index is 0.0775. The minimum atomic E-state index is -3.13. The second kappa shape index (κ2) is 6.36. The summed E-state index contributed by atoms with van der Waals surface area (Å²) in [5.74, 6) is -0.570. The average Bonchev–Trinajstić information content (AvgIpc) is 2.29. The zero-order chi connectivity index (χ0) is 14.6. The van der Waals surface area contributed by atoms with E-state index < -0.39 is 21.8 Å². The van der Waals surface area contributed by atoms with Crippen LogP contribution in [0, 0.1) is 6.92 Å². The summed E-state index contributed by atoms with van der Waals surface area (Å²) in [4.78, 5) is 11.8. The molecule has 3 N–H and O–H groups in total. The first-order valence-electron chi connectivity index (χ1n) is 5.69. The van der Waals surface area contributed by atoms with Gasteiger partial charge in [-0.2, -0.15) is 0 Å². The number of benzene rings is 1. The van der Waals surface area contributed by atoms with Crippen molar-refractivity contribution >= 4 is 33.0 Å². The van der Waals surface area contributed by atoms with Gasteiger partial charge in [0, 0.05) is 6.26 Å². The molecule has 1 aromatic carbocycles. The van der Waals surface area contributed by atoms with Gasteiger partial charge in [0.05, 0.1) is 22.5 Å². The summed E-state index contributed by atoms with van der Waals surface area (Å²) >= 11 is 5.94. The van der Waals surface area contributed by atoms with Crippen LogP contribution in [0.15, 0.2) is 18.2 Å². The van der Waals surface area contributed by atoms with Crippen LogP contribution in [-0.4, -0.2) is 32.4 Å². The van der Waals surface area contributed by atoms with E-state index in [1.165, 1.54) is 0 Å². The molecule has 106 valence electrons. The van der Waals surface area contributed by atoms with Crippen LogP contribution in [0.3, 0.4) is 0 Å². The summed E-state index contributed by atoms with van der Waals surface area (Å²) < 4.78 is 22.0. The number of nitrogens with two attached hydrogens (primary N) is 1. The number of sulfone groups is 1. The molecule has 1 amide bonds. The van der Waals surface area contributed by atoms with Gasteiger partial charge in [0.2, 0.25) is 5.91 Å². The van der Waals surface area contributed by atoms with E-state index in [4.69, 9.17) is 17.3 Å². The Bertz CT molecular complexity index is 572. The van der Waals surface area contributed by atoms with Crippen molar-refractivity contribution < 1.29 is 13.2 Å². The number of carbonyl (C=O) groups excluding carboxylic acids is 1. The molecule has 0 fully saturated rings. The van der Waals surface area contributed by atoms with E-state index in [9.17, 15) is 13.2 Å². The smallest absolute Gasteiger partial charge is 0.241 e. The molecule has 0 saturated carbocycles. The Balaban J connectivity index is 2.66. The number of aryl methyl sites for hydroxylation is 1. The molecular weight excluding hydrogens is 288 g/mol.